The third kappa shape index (κ3) is 3.85. The summed E-state index contributed by atoms with van der Waals surface area (Å²) < 4.78 is 19.7. The number of hydrogen-bond acceptors (Lipinski definition) is 3. The Bertz CT molecular complexity index is 1060. The van der Waals surface area contributed by atoms with Crippen molar-refractivity contribution in [1.29, 1.82) is 0 Å². The molecule has 0 spiro atoms. The van der Waals surface area contributed by atoms with Crippen molar-refractivity contribution >= 4 is 44.6 Å². The predicted molar refractivity (Wildman–Crippen MR) is 99.0 cm³/mol. The first-order chi connectivity index (χ1) is 11.9. The zero-order chi connectivity index (χ0) is 18.0. The van der Waals surface area contributed by atoms with Gasteiger partial charge < -0.3 is 9.73 Å². The molecule has 0 atom stereocenters. The number of carbonyl (C=O) groups is 1. The van der Waals surface area contributed by atoms with Crippen molar-refractivity contribution in [2.24, 2.45) is 0 Å². The van der Waals surface area contributed by atoms with E-state index in [4.69, 9.17) is 4.42 Å². The summed E-state index contributed by atoms with van der Waals surface area (Å²) in [5.74, 6) is -1.11. The molecule has 25 heavy (non-hydrogen) atoms. The van der Waals surface area contributed by atoms with Crippen molar-refractivity contribution in [3.05, 3.63) is 80.4 Å². The minimum atomic E-state index is -0.559. The van der Waals surface area contributed by atoms with Crippen molar-refractivity contribution < 1.29 is 13.6 Å². The first-order valence-electron chi connectivity index (χ1n) is 7.40. The molecule has 3 aromatic rings. The van der Waals surface area contributed by atoms with Crippen LogP contribution in [-0.2, 0) is 4.79 Å². The molecule has 0 aliphatic rings. The van der Waals surface area contributed by atoms with Crippen molar-refractivity contribution in [1.82, 2.24) is 0 Å². The molecule has 0 unspecified atom stereocenters. The Morgan fingerprint density at radius 2 is 2.04 bits per heavy atom. The van der Waals surface area contributed by atoms with Gasteiger partial charge in [0, 0.05) is 10.5 Å². The second-order valence-corrected chi connectivity index (χ2v) is 6.38. The van der Waals surface area contributed by atoms with Gasteiger partial charge >= 0.3 is 0 Å². The molecule has 6 heteroatoms. The summed E-state index contributed by atoms with van der Waals surface area (Å²) in [5, 5.41) is 2.87. The number of halogens is 2. The van der Waals surface area contributed by atoms with Crippen LogP contribution >= 0.6 is 15.9 Å². The highest BCUT2D eigenvalue weighted by atomic mass is 79.9. The number of nitrogens with one attached hydrogen (secondary N) is 1. The van der Waals surface area contributed by atoms with Crippen molar-refractivity contribution in [3.63, 3.8) is 0 Å². The van der Waals surface area contributed by atoms with E-state index in [9.17, 15) is 14.0 Å². The summed E-state index contributed by atoms with van der Waals surface area (Å²) in [6.07, 6.45) is 3.80. The van der Waals surface area contributed by atoms with Gasteiger partial charge in [0.05, 0.1) is 16.6 Å². The Labute approximate surface area is 151 Å². The zero-order valence-corrected chi connectivity index (χ0v) is 14.8. The van der Waals surface area contributed by atoms with Crippen LogP contribution < -0.4 is 10.7 Å². The molecular formula is C19H13BrFNO3. The molecule has 0 fully saturated rings. The number of amides is 1. The molecule has 0 radical (unpaired) electrons. The van der Waals surface area contributed by atoms with Gasteiger partial charge in [-0.3, -0.25) is 9.59 Å². The van der Waals surface area contributed by atoms with Crippen LogP contribution in [0.2, 0.25) is 0 Å². The van der Waals surface area contributed by atoms with Crippen molar-refractivity contribution in [2.75, 3.05) is 5.32 Å². The van der Waals surface area contributed by atoms with Crippen molar-refractivity contribution in [2.45, 2.75) is 6.92 Å². The summed E-state index contributed by atoms with van der Waals surface area (Å²) in [6, 6.07) is 9.61. The number of rotatable bonds is 3. The van der Waals surface area contributed by atoms with Gasteiger partial charge in [0.15, 0.2) is 5.43 Å². The van der Waals surface area contributed by atoms with E-state index in [0.29, 0.717) is 15.4 Å². The maximum atomic E-state index is 13.7. The first kappa shape index (κ1) is 17.1. The lowest BCUT2D eigenvalue weighted by molar-refractivity contribution is -0.111. The lowest BCUT2D eigenvalue weighted by Crippen LogP contribution is -2.10. The number of fused-ring (bicyclic) bond motifs is 1. The van der Waals surface area contributed by atoms with Crippen LogP contribution in [0.4, 0.5) is 10.1 Å². The van der Waals surface area contributed by atoms with E-state index in [1.807, 2.05) is 13.0 Å². The lowest BCUT2D eigenvalue weighted by atomic mass is 10.1. The first-order valence-corrected chi connectivity index (χ1v) is 8.19. The summed E-state index contributed by atoms with van der Waals surface area (Å²) in [4.78, 5) is 24.4. The van der Waals surface area contributed by atoms with Gasteiger partial charge in [0.25, 0.3) is 0 Å². The maximum Gasteiger partial charge on any atom is 0.248 e. The molecule has 1 amide bonds. The molecule has 0 saturated carbocycles. The van der Waals surface area contributed by atoms with E-state index in [1.54, 1.807) is 18.2 Å². The smallest absolute Gasteiger partial charge is 0.248 e. The van der Waals surface area contributed by atoms with Gasteiger partial charge in [-0.25, -0.2) is 4.39 Å². The van der Waals surface area contributed by atoms with E-state index in [-0.39, 0.29) is 16.7 Å². The molecular weight excluding hydrogens is 389 g/mol. The number of aryl methyl sites for hydroxylation is 1. The average molecular weight is 402 g/mol. The molecule has 1 N–H and O–H groups in total. The molecule has 0 aliphatic heterocycles. The summed E-state index contributed by atoms with van der Waals surface area (Å²) in [6.45, 7) is 1.88. The monoisotopic (exact) mass is 401 g/mol. The normalized spacial score (nSPS) is 11.2. The lowest BCUT2D eigenvalue weighted by Gasteiger charge is -2.04. The second-order valence-electron chi connectivity index (χ2n) is 5.47. The van der Waals surface area contributed by atoms with Gasteiger partial charge in [0.1, 0.15) is 17.7 Å². The summed E-state index contributed by atoms with van der Waals surface area (Å²) >= 11 is 3.14. The highest BCUT2D eigenvalue weighted by Crippen LogP contribution is 2.19. The Morgan fingerprint density at radius 3 is 2.80 bits per heavy atom. The topological polar surface area (TPSA) is 59.3 Å². The molecule has 4 nitrogen and oxygen atoms in total. The van der Waals surface area contributed by atoms with E-state index in [2.05, 4.69) is 21.2 Å². The van der Waals surface area contributed by atoms with E-state index >= 15 is 0 Å². The van der Waals surface area contributed by atoms with Crippen LogP contribution in [0.1, 0.15) is 11.1 Å². The third-order valence-electron chi connectivity index (χ3n) is 3.56. The SMILES string of the molecule is Cc1ccc2occ(/C=C/C(=O)Nc3ccc(Br)cc3F)c(=O)c2c1. The molecule has 0 saturated heterocycles. The number of benzene rings is 2. The minimum Gasteiger partial charge on any atom is -0.463 e. The fourth-order valence-corrected chi connectivity index (χ4v) is 2.64. The highest BCUT2D eigenvalue weighted by Gasteiger charge is 2.07. The Morgan fingerprint density at radius 1 is 1.24 bits per heavy atom. The Balaban J connectivity index is 1.84. The van der Waals surface area contributed by atoms with Crippen LogP contribution in [0, 0.1) is 12.7 Å². The molecule has 2 aromatic carbocycles. The van der Waals surface area contributed by atoms with Gasteiger partial charge in [0.2, 0.25) is 5.91 Å². The predicted octanol–water partition coefficient (Wildman–Crippen LogP) is 4.65. The average Bonchev–Trinajstić information content (AvgIpc) is 2.57. The van der Waals surface area contributed by atoms with Crippen molar-refractivity contribution in [3.8, 4) is 0 Å². The quantitative estimate of drug-likeness (QED) is 0.649. The number of anilines is 1. The van der Waals surface area contributed by atoms with Gasteiger partial charge in [-0.2, -0.15) is 0 Å². The molecule has 1 heterocycles. The number of hydrogen-bond donors (Lipinski definition) is 1. The maximum absolute atomic E-state index is 13.7. The number of carbonyl (C=O) groups excluding carboxylic acids is 1. The second kappa shape index (κ2) is 7.03. The van der Waals surface area contributed by atoms with Gasteiger partial charge in [-0.15, -0.1) is 0 Å². The zero-order valence-electron chi connectivity index (χ0n) is 13.2. The molecule has 126 valence electrons. The summed E-state index contributed by atoms with van der Waals surface area (Å²) in [5.41, 5.74) is 1.48. The molecule has 0 aliphatic carbocycles. The minimum absolute atomic E-state index is 0.0546. The van der Waals surface area contributed by atoms with Gasteiger partial charge in [-0.05, 0) is 43.3 Å². The fraction of sp³-hybridized carbons (Fsp3) is 0.0526. The van der Waals surface area contributed by atoms with Gasteiger partial charge in [-0.1, -0.05) is 27.6 Å². The van der Waals surface area contributed by atoms with Crippen LogP contribution in [0.25, 0.3) is 17.0 Å². The largest absolute Gasteiger partial charge is 0.463 e. The van der Waals surface area contributed by atoms with E-state index < -0.39 is 11.7 Å². The molecule has 1 aromatic heterocycles. The molecule has 0 bridgehead atoms. The summed E-state index contributed by atoms with van der Waals surface area (Å²) in [7, 11) is 0. The molecule has 3 rings (SSSR count). The third-order valence-corrected chi connectivity index (χ3v) is 4.05. The Hall–Kier alpha value is -2.73. The van der Waals surface area contributed by atoms with Crippen LogP contribution in [-0.4, -0.2) is 5.91 Å². The van der Waals surface area contributed by atoms with E-state index in [1.165, 1.54) is 24.5 Å². The van der Waals surface area contributed by atoms with E-state index in [0.717, 1.165) is 11.6 Å². The highest BCUT2D eigenvalue weighted by molar-refractivity contribution is 9.10. The van der Waals surface area contributed by atoms with Crippen LogP contribution in [0.3, 0.4) is 0 Å². The van der Waals surface area contributed by atoms with Crippen LogP contribution in [0.15, 0.2) is 62.4 Å². The standard InChI is InChI=1S/C19H13BrFNO3/c1-11-2-6-17-14(8-11)19(24)12(10-25-17)3-7-18(23)22-16-5-4-13(20)9-15(16)21/h2-10H,1H3,(H,22,23)/b7-3+. The fourth-order valence-electron chi connectivity index (χ4n) is 2.31. The Kier molecular flexibility index (Phi) is 4.81. The van der Waals surface area contributed by atoms with Crippen LogP contribution in [0.5, 0.6) is 0 Å².